The van der Waals surface area contributed by atoms with Crippen molar-refractivity contribution in [1.82, 2.24) is 9.55 Å². The van der Waals surface area contributed by atoms with Gasteiger partial charge in [-0.3, -0.25) is 15.4 Å². The van der Waals surface area contributed by atoms with Crippen molar-refractivity contribution < 1.29 is 42.0 Å². The third kappa shape index (κ3) is 3.47. The molecule has 1 aliphatic heterocycles. The van der Waals surface area contributed by atoms with Gasteiger partial charge in [-0.2, -0.15) is 4.98 Å². The third-order valence-electron chi connectivity index (χ3n) is 4.54. The second-order valence-corrected chi connectivity index (χ2v) is 6.58. The zero-order chi connectivity index (χ0) is 22.4. The van der Waals surface area contributed by atoms with Gasteiger partial charge in [-0.1, -0.05) is 0 Å². The summed E-state index contributed by atoms with van der Waals surface area (Å²) >= 11 is 0. The van der Waals surface area contributed by atoms with Gasteiger partial charge in [0.15, 0.2) is 35.3 Å². The Balaban J connectivity index is 1.84. The van der Waals surface area contributed by atoms with Crippen molar-refractivity contribution in [3.8, 4) is 0 Å². The van der Waals surface area contributed by atoms with Gasteiger partial charge in [-0.05, 0) is 13.0 Å². The molecule has 5 N–H and O–H groups in total. The molecule has 0 unspecified atom stereocenters. The lowest BCUT2D eigenvalue weighted by Gasteiger charge is -2.27. The monoisotopic (exact) mass is 438 g/mol. The minimum absolute atomic E-state index is 0.378. The first-order valence-electron chi connectivity index (χ1n) is 8.30. The molecule has 0 bridgehead atoms. The minimum Gasteiger partial charge on any atom is -0.394 e. The quantitative estimate of drug-likeness (QED) is 0.196. The Morgan fingerprint density at radius 3 is 2.20 bits per heavy atom. The molecule has 1 aromatic carbocycles. The van der Waals surface area contributed by atoms with Crippen LogP contribution in [0.3, 0.4) is 0 Å². The summed E-state index contributed by atoms with van der Waals surface area (Å²) in [5.74, 6) is -11.3. The number of hydrogen-bond acceptors (Lipinski definition) is 8. The second-order valence-electron chi connectivity index (χ2n) is 6.58. The fourth-order valence-corrected chi connectivity index (χ4v) is 2.89. The first-order chi connectivity index (χ1) is 14.0. The SMILES string of the molecule is C[C@@]1(O)[C@H](O)[C@@H](CO)O[C@H]1n1ccc(NNc2c(F)c(F)c(F)c(F)c2F)nc1=O. The van der Waals surface area contributed by atoms with E-state index in [-0.39, 0.29) is 5.82 Å². The Kier molecular flexibility index (Phi) is 5.68. The molecule has 0 aliphatic carbocycles. The molecule has 1 aliphatic rings. The zero-order valence-electron chi connectivity index (χ0n) is 15.0. The van der Waals surface area contributed by atoms with E-state index in [1.54, 1.807) is 5.43 Å². The molecule has 2 heterocycles. The number of ether oxygens (including phenoxy) is 1. The highest BCUT2D eigenvalue weighted by molar-refractivity contribution is 5.52. The predicted octanol–water partition coefficient (Wildman–Crippen LogP) is 0.379. The maximum atomic E-state index is 13.6. The van der Waals surface area contributed by atoms with Crippen molar-refractivity contribution in [2.24, 2.45) is 0 Å². The van der Waals surface area contributed by atoms with Crippen LogP contribution in [0, 0.1) is 29.1 Å². The summed E-state index contributed by atoms with van der Waals surface area (Å²) in [6.07, 6.45) is -3.09. The van der Waals surface area contributed by atoms with Gasteiger partial charge in [0, 0.05) is 6.20 Å². The molecule has 2 aromatic rings. The number of nitrogens with one attached hydrogen (secondary N) is 2. The molecule has 0 saturated carbocycles. The molecule has 1 aromatic heterocycles. The molecule has 9 nitrogen and oxygen atoms in total. The van der Waals surface area contributed by atoms with Gasteiger partial charge in [0.2, 0.25) is 5.82 Å². The summed E-state index contributed by atoms with van der Waals surface area (Å²) in [5.41, 5.74) is -0.653. The van der Waals surface area contributed by atoms with Crippen LogP contribution in [0.5, 0.6) is 0 Å². The third-order valence-corrected chi connectivity index (χ3v) is 4.54. The number of hydrazine groups is 1. The second kappa shape index (κ2) is 7.79. The van der Waals surface area contributed by atoms with E-state index < -0.39 is 71.1 Å². The van der Waals surface area contributed by atoms with Crippen molar-refractivity contribution in [3.05, 3.63) is 51.8 Å². The number of aliphatic hydroxyl groups is 3. The van der Waals surface area contributed by atoms with Gasteiger partial charge < -0.3 is 20.1 Å². The van der Waals surface area contributed by atoms with E-state index in [0.29, 0.717) is 0 Å². The lowest BCUT2D eigenvalue weighted by Crippen LogP contribution is -2.46. The molecule has 3 rings (SSSR count). The highest BCUT2D eigenvalue weighted by Crippen LogP contribution is 2.37. The smallest absolute Gasteiger partial charge is 0.351 e. The summed E-state index contributed by atoms with van der Waals surface area (Å²) in [4.78, 5) is 15.7. The maximum absolute atomic E-state index is 13.6. The molecule has 30 heavy (non-hydrogen) atoms. The summed E-state index contributed by atoms with van der Waals surface area (Å²) < 4.78 is 72.8. The van der Waals surface area contributed by atoms with Crippen LogP contribution < -0.4 is 16.5 Å². The Labute approximate surface area is 164 Å². The largest absolute Gasteiger partial charge is 0.394 e. The maximum Gasteiger partial charge on any atom is 0.351 e. The molecule has 1 fully saturated rings. The standard InChI is InChI=1S/C16H15F5N4O5/c1-16(29)13(27)5(4-26)30-14(16)25-3-2-6(22-15(25)28)23-24-12-10(20)8(18)7(17)9(19)11(12)21/h2-3,5,13-14,24,26-27,29H,4H2,1H3,(H,22,23,28)/t5-,13-,14-,16-/m1/s1. The summed E-state index contributed by atoms with van der Waals surface area (Å²) in [6.45, 7) is 0.531. The van der Waals surface area contributed by atoms with Crippen LogP contribution in [0.4, 0.5) is 33.5 Å². The van der Waals surface area contributed by atoms with Crippen LogP contribution in [-0.4, -0.2) is 49.3 Å². The molecular weight excluding hydrogens is 423 g/mol. The molecule has 164 valence electrons. The van der Waals surface area contributed by atoms with E-state index >= 15 is 0 Å². The lowest BCUT2D eigenvalue weighted by atomic mass is 9.96. The molecule has 0 amide bonds. The summed E-state index contributed by atoms with van der Waals surface area (Å²) in [7, 11) is 0. The van der Waals surface area contributed by atoms with Gasteiger partial charge >= 0.3 is 5.69 Å². The number of rotatable bonds is 5. The molecular formula is C16H15F5N4O5. The molecule has 1 saturated heterocycles. The van der Waals surface area contributed by atoms with E-state index in [1.807, 2.05) is 5.43 Å². The molecule has 0 radical (unpaired) electrons. The van der Waals surface area contributed by atoms with E-state index in [2.05, 4.69) is 4.98 Å². The van der Waals surface area contributed by atoms with Crippen molar-refractivity contribution in [2.75, 3.05) is 17.5 Å². The van der Waals surface area contributed by atoms with Crippen molar-refractivity contribution in [1.29, 1.82) is 0 Å². The summed E-state index contributed by atoms with van der Waals surface area (Å²) in [5, 5.41) is 29.5. The molecule has 14 heteroatoms. The number of aromatic nitrogens is 2. The normalized spacial score (nSPS) is 26.1. The van der Waals surface area contributed by atoms with E-state index in [1.165, 1.54) is 6.92 Å². The fraction of sp³-hybridized carbons (Fsp3) is 0.375. The van der Waals surface area contributed by atoms with Crippen molar-refractivity contribution in [3.63, 3.8) is 0 Å². The fourth-order valence-electron chi connectivity index (χ4n) is 2.89. The van der Waals surface area contributed by atoms with Gasteiger partial charge in [-0.25, -0.2) is 26.7 Å². The highest BCUT2D eigenvalue weighted by atomic mass is 19.2. The van der Waals surface area contributed by atoms with Crippen LogP contribution in [0.25, 0.3) is 0 Å². The Hall–Kier alpha value is -2.81. The van der Waals surface area contributed by atoms with Crippen LogP contribution in [0.2, 0.25) is 0 Å². The average molecular weight is 438 g/mol. The van der Waals surface area contributed by atoms with Gasteiger partial charge in [0.1, 0.15) is 23.5 Å². The van der Waals surface area contributed by atoms with Crippen LogP contribution in [-0.2, 0) is 4.74 Å². The number of nitrogens with zero attached hydrogens (tertiary/aromatic N) is 2. The minimum atomic E-state index is -2.33. The number of aliphatic hydroxyl groups excluding tert-OH is 2. The Bertz CT molecular complexity index is 1000. The highest BCUT2D eigenvalue weighted by Gasteiger charge is 2.53. The Morgan fingerprint density at radius 1 is 1.13 bits per heavy atom. The van der Waals surface area contributed by atoms with Crippen molar-refractivity contribution in [2.45, 2.75) is 31.0 Å². The molecule has 4 atom stereocenters. The van der Waals surface area contributed by atoms with E-state index in [9.17, 15) is 42.1 Å². The lowest BCUT2D eigenvalue weighted by molar-refractivity contribution is -0.0986. The topological polar surface area (TPSA) is 129 Å². The van der Waals surface area contributed by atoms with Crippen LogP contribution in [0.1, 0.15) is 13.2 Å². The number of hydrogen-bond donors (Lipinski definition) is 5. The van der Waals surface area contributed by atoms with E-state index in [0.717, 1.165) is 16.8 Å². The molecule has 0 spiro atoms. The van der Waals surface area contributed by atoms with Gasteiger partial charge in [0.25, 0.3) is 0 Å². The van der Waals surface area contributed by atoms with Gasteiger partial charge in [-0.15, -0.1) is 0 Å². The van der Waals surface area contributed by atoms with E-state index in [4.69, 9.17) is 4.74 Å². The van der Waals surface area contributed by atoms with Crippen LogP contribution >= 0.6 is 0 Å². The zero-order valence-corrected chi connectivity index (χ0v) is 15.0. The number of anilines is 2. The first-order valence-corrected chi connectivity index (χ1v) is 8.30. The predicted molar refractivity (Wildman–Crippen MR) is 89.6 cm³/mol. The number of benzene rings is 1. The van der Waals surface area contributed by atoms with Crippen molar-refractivity contribution >= 4 is 11.5 Å². The average Bonchev–Trinajstić information content (AvgIpc) is 2.94. The first kappa shape index (κ1) is 21.9. The summed E-state index contributed by atoms with van der Waals surface area (Å²) in [6, 6.07) is 1.05. The van der Waals surface area contributed by atoms with Gasteiger partial charge in [0.05, 0.1) is 6.61 Å². The Morgan fingerprint density at radius 2 is 1.70 bits per heavy atom. The van der Waals surface area contributed by atoms with Crippen LogP contribution in [0.15, 0.2) is 17.1 Å². The number of halogens is 5.